The van der Waals surface area contributed by atoms with E-state index in [9.17, 15) is 9.59 Å². The molecule has 0 fully saturated rings. The van der Waals surface area contributed by atoms with Crippen LogP contribution in [0.2, 0.25) is 0 Å². The van der Waals surface area contributed by atoms with E-state index < -0.39 is 0 Å². The smallest absolute Gasteiger partial charge is 0.222 e. The van der Waals surface area contributed by atoms with Gasteiger partial charge in [0.2, 0.25) is 11.8 Å². The van der Waals surface area contributed by atoms with Gasteiger partial charge in [-0.15, -0.1) is 0 Å². The van der Waals surface area contributed by atoms with Crippen molar-refractivity contribution in [1.82, 2.24) is 10.6 Å². The van der Waals surface area contributed by atoms with Gasteiger partial charge in [-0.3, -0.25) is 9.59 Å². The summed E-state index contributed by atoms with van der Waals surface area (Å²) < 4.78 is 1.000. The molecule has 0 heterocycles. The first-order valence-corrected chi connectivity index (χ1v) is 8.62. The molecule has 126 valence electrons. The minimum absolute atomic E-state index is 0.0978. The average molecular weight is 389 g/mol. The van der Waals surface area contributed by atoms with Crippen molar-refractivity contribution >= 4 is 27.7 Å². The number of benzene rings is 2. The third kappa shape index (κ3) is 5.49. The molecule has 2 amide bonds. The number of rotatable bonds is 6. The maximum absolute atomic E-state index is 12.4. The zero-order chi connectivity index (χ0) is 17.5. The van der Waals surface area contributed by atoms with Crippen LogP contribution in [-0.4, -0.2) is 11.8 Å². The van der Waals surface area contributed by atoms with E-state index in [1.165, 1.54) is 6.92 Å². The Morgan fingerprint density at radius 2 is 1.58 bits per heavy atom. The molecule has 2 aromatic carbocycles. The van der Waals surface area contributed by atoms with E-state index in [4.69, 9.17) is 0 Å². The normalized spacial score (nSPS) is 13.0. The molecule has 0 aliphatic rings. The van der Waals surface area contributed by atoms with Gasteiger partial charge >= 0.3 is 0 Å². The van der Waals surface area contributed by atoms with Gasteiger partial charge in [0.05, 0.1) is 18.5 Å². The molecule has 4 nitrogen and oxygen atoms in total. The summed E-state index contributed by atoms with van der Waals surface area (Å²) in [5.74, 6) is -0.259. The lowest BCUT2D eigenvalue weighted by Gasteiger charge is -2.20. The predicted molar refractivity (Wildman–Crippen MR) is 98.3 cm³/mol. The number of carbonyl (C=O) groups excluding carboxylic acids is 2. The van der Waals surface area contributed by atoms with Crippen LogP contribution in [0.3, 0.4) is 0 Å². The third-order valence-electron chi connectivity index (χ3n) is 3.72. The number of carbonyl (C=O) groups is 2. The minimum atomic E-state index is -0.333. The maximum atomic E-state index is 12.4. The first kappa shape index (κ1) is 18.2. The van der Waals surface area contributed by atoms with E-state index in [1.807, 2.05) is 61.5 Å². The van der Waals surface area contributed by atoms with E-state index in [2.05, 4.69) is 26.6 Å². The zero-order valence-corrected chi connectivity index (χ0v) is 15.3. The third-order valence-corrected chi connectivity index (χ3v) is 4.25. The van der Waals surface area contributed by atoms with Crippen LogP contribution in [0, 0.1) is 0 Å². The number of nitrogens with one attached hydrogen (secondary N) is 2. The van der Waals surface area contributed by atoms with Gasteiger partial charge in [-0.2, -0.15) is 0 Å². The predicted octanol–water partition coefficient (Wildman–Crippen LogP) is 3.89. The Morgan fingerprint density at radius 3 is 2.17 bits per heavy atom. The van der Waals surface area contributed by atoms with Crippen molar-refractivity contribution in [3.63, 3.8) is 0 Å². The Balaban J connectivity index is 2.02. The summed E-state index contributed by atoms with van der Waals surface area (Å²) in [7, 11) is 0. The average Bonchev–Trinajstić information content (AvgIpc) is 2.55. The standard InChI is InChI=1S/C19H21BrN2O2/c1-13(15-8-10-17(20)11-9-15)21-19(24)12-18(22-14(2)23)16-6-4-3-5-7-16/h3-11,13,18H,12H2,1-2H3,(H,21,24)(H,22,23)/t13-,18-/m0/s1. The van der Waals surface area contributed by atoms with Crippen LogP contribution in [-0.2, 0) is 9.59 Å². The van der Waals surface area contributed by atoms with Gasteiger partial charge in [0.1, 0.15) is 0 Å². The quantitative estimate of drug-likeness (QED) is 0.788. The van der Waals surface area contributed by atoms with Crippen LogP contribution in [0.25, 0.3) is 0 Å². The molecule has 0 unspecified atom stereocenters. The largest absolute Gasteiger partial charge is 0.350 e. The second-order valence-electron chi connectivity index (χ2n) is 5.71. The van der Waals surface area contributed by atoms with Crippen LogP contribution in [0.1, 0.15) is 43.5 Å². The molecule has 0 aromatic heterocycles. The number of hydrogen-bond donors (Lipinski definition) is 2. The van der Waals surface area contributed by atoms with Crippen molar-refractivity contribution in [2.75, 3.05) is 0 Å². The molecule has 0 spiro atoms. The summed E-state index contributed by atoms with van der Waals surface area (Å²) in [6, 6.07) is 16.9. The maximum Gasteiger partial charge on any atom is 0.222 e. The second kappa shape index (κ2) is 8.64. The van der Waals surface area contributed by atoms with Crippen LogP contribution >= 0.6 is 15.9 Å². The summed E-state index contributed by atoms with van der Waals surface area (Å²) in [5, 5.41) is 5.83. The highest BCUT2D eigenvalue weighted by atomic mass is 79.9. The molecule has 0 aliphatic heterocycles. The van der Waals surface area contributed by atoms with Gasteiger partial charge < -0.3 is 10.6 Å². The van der Waals surface area contributed by atoms with Crippen LogP contribution in [0.5, 0.6) is 0 Å². The lowest BCUT2D eigenvalue weighted by atomic mass is 10.0. The summed E-state index contributed by atoms with van der Waals surface area (Å²) in [5.41, 5.74) is 1.95. The molecule has 0 saturated carbocycles. The van der Waals surface area contributed by atoms with Crippen LogP contribution < -0.4 is 10.6 Å². The lowest BCUT2D eigenvalue weighted by molar-refractivity contribution is -0.123. The van der Waals surface area contributed by atoms with E-state index >= 15 is 0 Å². The Bertz CT molecular complexity index is 686. The van der Waals surface area contributed by atoms with Crippen molar-refractivity contribution < 1.29 is 9.59 Å². The highest BCUT2D eigenvalue weighted by molar-refractivity contribution is 9.10. The molecular weight excluding hydrogens is 368 g/mol. The Labute approximate surface area is 150 Å². The highest BCUT2D eigenvalue weighted by Crippen LogP contribution is 2.19. The molecule has 0 saturated heterocycles. The SMILES string of the molecule is CC(=O)N[C@@H](CC(=O)N[C@@H](C)c1ccc(Br)cc1)c1ccccc1. The Morgan fingerprint density at radius 1 is 0.958 bits per heavy atom. The van der Waals surface area contributed by atoms with Gasteiger partial charge in [0, 0.05) is 11.4 Å². The number of hydrogen-bond acceptors (Lipinski definition) is 2. The molecule has 0 radical (unpaired) electrons. The van der Waals surface area contributed by atoms with Crippen molar-refractivity contribution in [1.29, 1.82) is 0 Å². The van der Waals surface area contributed by atoms with Gasteiger partial charge in [0.15, 0.2) is 0 Å². The second-order valence-corrected chi connectivity index (χ2v) is 6.62. The monoisotopic (exact) mass is 388 g/mol. The molecule has 0 bridgehead atoms. The fourth-order valence-electron chi connectivity index (χ4n) is 2.50. The molecule has 2 N–H and O–H groups in total. The zero-order valence-electron chi connectivity index (χ0n) is 13.8. The van der Waals surface area contributed by atoms with Crippen molar-refractivity contribution in [2.24, 2.45) is 0 Å². The minimum Gasteiger partial charge on any atom is -0.350 e. The fraction of sp³-hybridized carbons (Fsp3) is 0.263. The van der Waals surface area contributed by atoms with E-state index in [0.717, 1.165) is 15.6 Å². The van der Waals surface area contributed by atoms with Crippen LogP contribution in [0.4, 0.5) is 0 Å². The first-order valence-electron chi connectivity index (χ1n) is 7.82. The van der Waals surface area contributed by atoms with E-state index in [-0.39, 0.29) is 30.3 Å². The van der Waals surface area contributed by atoms with Crippen molar-refractivity contribution in [3.05, 3.63) is 70.2 Å². The molecule has 5 heteroatoms. The number of amides is 2. The van der Waals surface area contributed by atoms with E-state index in [0.29, 0.717) is 0 Å². The fourth-order valence-corrected chi connectivity index (χ4v) is 2.77. The van der Waals surface area contributed by atoms with E-state index in [1.54, 1.807) is 0 Å². The topological polar surface area (TPSA) is 58.2 Å². The van der Waals surface area contributed by atoms with Crippen molar-refractivity contribution in [3.8, 4) is 0 Å². The first-order chi connectivity index (χ1) is 11.5. The Kier molecular flexibility index (Phi) is 6.55. The molecule has 0 aliphatic carbocycles. The van der Waals surface area contributed by atoms with Gasteiger partial charge in [-0.25, -0.2) is 0 Å². The summed E-state index contributed by atoms with van der Waals surface area (Å²) in [6.07, 6.45) is 0.199. The van der Waals surface area contributed by atoms with Crippen LogP contribution in [0.15, 0.2) is 59.1 Å². The van der Waals surface area contributed by atoms with Gasteiger partial charge in [-0.1, -0.05) is 58.4 Å². The molecule has 2 aromatic rings. The molecular formula is C19H21BrN2O2. The number of halogens is 1. The summed E-state index contributed by atoms with van der Waals surface area (Å²) >= 11 is 3.40. The Hall–Kier alpha value is -2.14. The molecule has 24 heavy (non-hydrogen) atoms. The van der Waals surface area contributed by atoms with Gasteiger partial charge in [0.25, 0.3) is 0 Å². The summed E-state index contributed by atoms with van der Waals surface area (Å²) in [4.78, 5) is 23.8. The molecule has 2 rings (SSSR count). The van der Waals surface area contributed by atoms with Crippen molar-refractivity contribution in [2.45, 2.75) is 32.4 Å². The lowest BCUT2D eigenvalue weighted by Crippen LogP contribution is -2.33. The molecule has 2 atom stereocenters. The summed E-state index contributed by atoms with van der Waals surface area (Å²) in [6.45, 7) is 3.40. The highest BCUT2D eigenvalue weighted by Gasteiger charge is 2.18. The van der Waals surface area contributed by atoms with Gasteiger partial charge in [-0.05, 0) is 30.2 Å².